The van der Waals surface area contributed by atoms with Crippen LogP contribution >= 0.6 is 11.6 Å². The van der Waals surface area contributed by atoms with E-state index in [1.165, 1.54) is 36.4 Å². The summed E-state index contributed by atoms with van der Waals surface area (Å²) in [5, 5.41) is 37.3. The molecular weight excluding hydrogens is 466 g/mol. The Morgan fingerprint density at radius 2 is 1.38 bits per heavy atom. The molecular formula is C24H18ClNO8. The van der Waals surface area contributed by atoms with Crippen molar-refractivity contribution in [3.8, 4) is 11.1 Å². The number of nitrogens with zero attached hydrogens (tertiary/aromatic N) is 1. The molecule has 0 amide bonds. The Kier molecular flexibility index (Phi) is 8.63. The van der Waals surface area contributed by atoms with Gasteiger partial charge >= 0.3 is 17.9 Å². The third kappa shape index (κ3) is 6.50. The number of nitro groups is 1. The highest BCUT2D eigenvalue weighted by molar-refractivity contribution is 6.34. The highest BCUT2D eigenvalue weighted by Gasteiger charge is 2.21. The van der Waals surface area contributed by atoms with Gasteiger partial charge in [0, 0.05) is 18.2 Å². The van der Waals surface area contributed by atoms with Gasteiger partial charge in [0.05, 0.1) is 21.1 Å². The summed E-state index contributed by atoms with van der Waals surface area (Å²) in [5.41, 5.74) is 1.78. The average molecular weight is 484 g/mol. The molecule has 3 N–H and O–H groups in total. The Hall–Kier alpha value is -4.50. The summed E-state index contributed by atoms with van der Waals surface area (Å²) < 4.78 is 0. The number of nitro benzene ring substituents is 1. The lowest BCUT2D eigenvalue weighted by atomic mass is 9.93. The molecule has 0 radical (unpaired) electrons. The lowest BCUT2D eigenvalue weighted by Gasteiger charge is -2.12. The fraction of sp³-hybridized carbons (Fsp3) is 0.0417. The van der Waals surface area contributed by atoms with Gasteiger partial charge in [-0.3, -0.25) is 10.1 Å². The number of hydrogen-bond acceptors (Lipinski definition) is 5. The van der Waals surface area contributed by atoms with Crippen molar-refractivity contribution < 1.29 is 34.6 Å². The van der Waals surface area contributed by atoms with Crippen molar-refractivity contribution in [3.63, 3.8) is 0 Å². The molecule has 0 saturated carbocycles. The van der Waals surface area contributed by atoms with Crippen LogP contribution in [-0.2, 0) is 4.79 Å². The number of halogens is 1. The van der Waals surface area contributed by atoms with Crippen LogP contribution in [0.25, 0.3) is 17.2 Å². The summed E-state index contributed by atoms with van der Waals surface area (Å²) in [6, 6.07) is 15.1. The van der Waals surface area contributed by atoms with Gasteiger partial charge in [-0.25, -0.2) is 14.4 Å². The lowest BCUT2D eigenvalue weighted by molar-refractivity contribution is -0.384. The molecule has 3 aromatic rings. The van der Waals surface area contributed by atoms with Crippen molar-refractivity contribution >= 4 is 41.3 Å². The van der Waals surface area contributed by atoms with Crippen molar-refractivity contribution in [2.75, 3.05) is 0 Å². The minimum Gasteiger partial charge on any atom is -0.478 e. The summed E-state index contributed by atoms with van der Waals surface area (Å²) in [7, 11) is 0. The molecule has 0 spiro atoms. The Bertz CT molecular complexity index is 1220. The highest BCUT2D eigenvalue weighted by Crippen LogP contribution is 2.32. The largest absolute Gasteiger partial charge is 0.478 e. The minimum atomic E-state index is -1.19. The maximum absolute atomic E-state index is 11.4. The molecule has 3 rings (SSSR count). The SMILES string of the molecule is Cc1cccc(-c2cccc(Cl)c2C(=O)O)c1C(=O)O.O=C(O)C=Cc1ccc([N+](=O)[O-])cc1. The number of non-ortho nitro benzene ring substituents is 1. The van der Waals surface area contributed by atoms with Gasteiger partial charge in [0.25, 0.3) is 5.69 Å². The first-order valence-corrected chi connectivity index (χ1v) is 9.91. The molecule has 0 aliphatic heterocycles. The van der Waals surface area contributed by atoms with Gasteiger partial charge in [0.2, 0.25) is 0 Å². The molecule has 0 atom stereocenters. The van der Waals surface area contributed by atoms with Crippen LogP contribution < -0.4 is 0 Å². The first kappa shape index (κ1) is 25.8. The number of hydrogen-bond donors (Lipinski definition) is 3. The van der Waals surface area contributed by atoms with Crippen LogP contribution in [0, 0.1) is 17.0 Å². The summed E-state index contributed by atoms with van der Waals surface area (Å²) in [4.78, 5) is 42.7. The van der Waals surface area contributed by atoms with Crippen LogP contribution in [0.5, 0.6) is 0 Å². The van der Waals surface area contributed by atoms with Crippen LogP contribution in [-0.4, -0.2) is 38.2 Å². The van der Waals surface area contributed by atoms with E-state index in [1.54, 1.807) is 37.3 Å². The second-order valence-electron chi connectivity index (χ2n) is 6.79. The highest BCUT2D eigenvalue weighted by atomic mass is 35.5. The first-order chi connectivity index (χ1) is 16.0. The minimum absolute atomic E-state index is 0.0162. The molecule has 0 fully saturated rings. The van der Waals surface area contributed by atoms with Crippen LogP contribution in [0.3, 0.4) is 0 Å². The molecule has 0 aliphatic rings. The van der Waals surface area contributed by atoms with E-state index in [9.17, 15) is 34.7 Å². The van der Waals surface area contributed by atoms with Crippen molar-refractivity contribution in [2.24, 2.45) is 0 Å². The van der Waals surface area contributed by atoms with Gasteiger partial charge in [-0.05, 0) is 53.5 Å². The number of benzene rings is 3. The van der Waals surface area contributed by atoms with E-state index in [-0.39, 0.29) is 21.8 Å². The third-order valence-electron chi connectivity index (χ3n) is 4.53. The molecule has 174 valence electrons. The van der Waals surface area contributed by atoms with Crippen LogP contribution in [0.1, 0.15) is 31.8 Å². The maximum atomic E-state index is 11.4. The molecule has 3 aromatic carbocycles. The number of aromatic carboxylic acids is 2. The molecule has 0 aliphatic carbocycles. The fourth-order valence-corrected chi connectivity index (χ4v) is 3.27. The van der Waals surface area contributed by atoms with Gasteiger partial charge < -0.3 is 15.3 Å². The van der Waals surface area contributed by atoms with Crippen LogP contribution in [0.15, 0.2) is 66.7 Å². The summed E-state index contributed by atoms with van der Waals surface area (Å²) in [6.45, 7) is 1.66. The number of carbonyl (C=O) groups is 3. The van der Waals surface area contributed by atoms with E-state index in [2.05, 4.69) is 0 Å². The second kappa shape index (κ2) is 11.4. The van der Waals surface area contributed by atoms with Crippen molar-refractivity contribution in [1.29, 1.82) is 0 Å². The summed E-state index contributed by atoms with van der Waals surface area (Å²) >= 11 is 5.92. The Labute approximate surface area is 198 Å². The van der Waals surface area contributed by atoms with Crippen LogP contribution in [0.2, 0.25) is 5.02 Å². The zero-order valence-electron chi connectivity index (χ0n) is 17.6. The number of carboxylic acids is 3. The van der Waals surface area contributed by atoms with Gasteiger partial charge in [-0.1, -0.05) is 41.9 Å². The molecule has 9 nitrogen and oxygen atoms in total. The van der Waals surface area contributed by atoms with E-state index < -0.39 is 22.8 Å². The van der Waals surface area contributed by atoms with Gasteiger partial charge in [-0.15, -0.1) is 0 Å². The van der Waals surface area contributed by atoms with E-state index in [0.717, 1.165) is 6.08 Å². The Balaban J connectivity index is 0.000000257. The second-order valence-corrected chi connectivity index (χ2v) is 7.20. The quantitative estimate of drug-likeness (QED) is 0.239. The van der Waals surface area contributed by atoms with E-state index in [4.69, 9.17) is 16.7 Å². The van der Waals surface area contributed by atoms with Crippen molar-refractivity contribution in [3.05, 3.63) is 104 Å². The summed E-state index contributed by atoms with van der Waals surface area (Å²) in [6.07, 6.45) is 2.34. The van der Waals surface area contributed by atoms with Crippen molar-refractivity contribution in [1.82, 2.24) is 0 Å². The number of carboxylic acid groups (broad SMARTS) is 3. The molecule has 34 heavy (non-hydrogen) atoms. The van der Waals surface area contributed by atoms with Gasteiger partial charge in [0.15, 0.2) is 0 Å². The van der Waals surface area contributed by atoms with Crippen LogP contribution in [0.4, 0.5) is 5.69 Å². The monoisotopic (exact) mass is 483 g/mol. The number of aryl methyl sites for hydroxylation is 1. The molecule has 0 bridgehead atoms. The normalized spacial score (nSPS) is 10.3. The number of aliphatic carboxylic acids is 1. The predicted molar refractivity (Wildman–Crippen MR) is 125 cm³/mol. The smallest absolute Gasteiger partial charge is 0.337 e. The molecule has 0 heterocycles. The zero-order chi connectivity index (χ0) is 25.4. The lowest BCUT2D eigenvalue weighted by Crippen LogP contribution is -2.06. The third-order valence-corrected chi connectivity index (χ3v) is 4.84. The average Bonchev–Trinajstić information content (AvgIpc) is 2.77. The topological polar surface area (TPSA) is 155 Å². The summed E-state index contributed by atoms with van der Waals surface area (Å²) in [5.74, 6) is -3.35. The number of rotatable bonds is 6. The molecule has 10 heteroatoms. The Morgan fingerprint density at radius 1 is 0.853 bits per heavy atom. The predicted octanol–water partition coefficient (Wildman–Crippen LogP) is 5.40. The first-order valence-electron chi connectivity index (χ1n) is 9.53. The standard InChI is InChI=1S/C15H11ClO4.C9H7NO4/c1-8-4-2-5-9(12(8)14(17)18)10-6-3-7-11(16)13(10)15(19)20;11-9(12)6-3-7-1-4-8(5-2-7)10(13)14/h2-7H,1H3,(H,17,18)(H,19,20);1-6H,(H,11,12). The van der Waals surface area contributed by atoms with Crippen molar-refractivity contribution in [2.45, 2.75) is 6.92 Å². The zero-order valence-corrected chi connectivity index (χ0v) is 18.4. The maximum Gasteiger partial charge on any atom is 0.337 e. The van der Waals surface area contributed by atoms with E-state index in [0.29, 0.717) is 22.3 Å². The molecule has 0 aromatic heterocycles. The fourth-order valence-electron chi connectivity index (χ4n) is 3.02. The Morgan fingerprint density at radius 3 is 1.88 bits per heavy atom. The van der Waals surface area contributed by atoms with E-state index in [1.807, 2.05) is 0 Å². The molecule has 0 unspecified atom stereocenters. The van der Waals surface area contributed by atoms with Gasteiger partial charge in [0.1, 0.15) is 0 Å². The van der Waals surface area contributed by atoms with E-state index >= 15 is 0 Å². The molecule has 0 saturated heterocycles. The van der Waals surface area contributed by atoms with Gasteiger partial charge in [-0.2, -0.15) is 0 Å².